The summed E-state index contributed by atoms with van der Waals surface area (Å²) in [5.41, 5.74) is 2.61. The Bertz CT molecular complexity index is 533. The Kier molecular flexibility index (Phi) is 11.0. The van der Waals surface area contributed by atoms with E-state index >= 15 is 0 Å². The molecule has 2 rings (SSSR count). The third kappa shape index (κ3) is 8.12. The standard InChI is InChI=1S/C20H34N4O.HI/c1-16(2)15-25-13-5-11-22-20(21-4)23-18-10-12-24(14-18)19-8-6-17(3)7-9-19;/h6-9,16,18H,5,10-15H2,1-4H3,(H2,21,22,23);1H. The summed E-state index contributed by atoms with van der Waals surface area (Å²) in [7, 11) is 1.83. The molecule has 0 aliphatic carbocycles. The Morgan fingerprint density at radius 3 is 2.69 bits per heavy atom. The summed E-state index contributed by atoms with van der Waals surface area (Å²) < 4.78 is 5.61. The third-order valence-electron chi connectivity index (χ3n) is 4.36. The van der Waals surface area contributed by atoms with E-state index in [9.17, 15) is 0 Å². The molecule has 0 spiro atoms. The topological polar surface area (TPSA) is 48.9 Å². The largest absolute Gasteiger partial charge is 0.381 e. The summed E-state index contributed by atoms with van der Waals surface area (Å²) in [5.74, 6) is 1.49. The zero-order valence-corrected chi connectivity index (χ0v) is 19.0. The number of nitrogens with zero attached hydrogens (tertiary/aromatic N) is 2. The van der Waals surface area contributed by atoms with Gasteiger partial charge in [0.05, 0.1) is 0 Å². The van der Waals surface area contributed by atoms with E-state index in [1.165, 1.54) is 11.3 Å². The summed E-state index contributed by atoms with van der Waals surface area (Å²) in [4.78, 5) is 6.78. The Morgan fingerprint density at radius 2 is 2.04 bits per heavy atom. The number of benzene rings is 1. The molecule has 1 saturated heterocycles. The summed E-state index contributed by atoms with van der Waals surface area (Å²) in [6, 6.07) is 9.21. The highest BCUT2D eigenvalue weighted by atomic mass is 127. The van der Waals surface area contributed by atoms with Gasteiger partial charge in [0.15, 0.2) is 5.96 Å². The number of halogens is 1. The molecule has 2 N–H and O–H groups in total. The highest BCUT2D eigenvalue weighted by Crippen LogP contribution is 2.20. The minimum atomic E-state index is 0. The Hall–Kier alpha value is -1.02. The van der Waals surface area contributed by atoms with E-state index in [0.29, 0.717) is 12.0 Å². The molecular formula is C20H35IN4O. The zero-order chi connectivity index (χ0) is 18.1. The van der Waals surface area contributed by atoms with Crippen LogP contribution < -0.4 is 15.5 Å². The average molecular weight is 474 g/mol. The van der Waals surface area contributed by atoms with Crippen LogP contribution in [0.3, 0.4) is 0 Å². The number of hydrogen-bond donors (Lipinski definition) is 2. The molecule has 5 nitrogen and oxygen atoms in total. The lowest BCUT2D eigenvalue weighted by Crippen LogP contribution is -2.45. The highest BCUT2D eigenvalue weighted by Gasteiger charge is 2.23. The zero-order valence-electron chi connectivity index (χ0n) is 16.6. The van der Waals surface area contributed by atoms with E-state index < -0.39 is 0 Å². The molecule has 148 valence electrons. The third-order valence-corrected chi connectivity index (χ3v) is 4.36. The predicted octanol–water partition coefficient (Wildman–Crippen LogP) is 3.42. The van der Waals surface area contributed by atoms with Crippen molar-refractivity contribution in [2.75, 3.05) is 44.8 Å². The van der Waals surface area contributed by atoms with Gasteiger partial charge in [0.1, 0.15) is 0 Å². The van der Waals surface area contributed by atoms with Crippen molar-refractivity contribution in [3.8, 4) is 0 Å². The van der Waals surface area contributed by atoms with Crippen LogP contribution >= 0.6 is 24.0 Å². The number of nitrogens with one attached hydrogen (secondary N) is 2. The monoisotopic (exact) mass is 474 g/mol. The first-order valence-corrected chi connectivity index (χ1v) is 9.45. The molecule has 1 aliphatic heterocycles. The van der Waals surface area contributed by atoms with Crippen LogP contribution in [0.5, 0.6) is 0 Å². The molecule has 1 fully saturated rings. The highest BCUT2D eigenvalue weighted by molar-refractivity contribution is 14.0. The van der Waals surface area contributed by atoms with Crippen LogP contribution in [0.1, 0.15) is 32.3 Å². The van der Waals surface area contributed by atoms with E-state index in [2.05, 4.69) is 65.6 Å². The summed E-state index contributed by atoms with van der Waals surface area (Å²) in [6.45, 7) is 11.1. The van der Waals surface area contributed by atoms with Gasteiger partial charge in [-0.05, 0) is 37.8 Å². The normalized spacial score (nSPS) is 17.3. The van der Waals surface area contributed by atoms with Crippen LogP contribution in [0.4, 0.5) is 5.69 Å². The van der Waals surface area contributed by atoms with E-state index in [4.69, 9.17) is 4.74 Å². The molecule has 1 unspecified atom stereocenters. The minimum absolute atomic E-state index is 0. The van der Waals surface area contributed by atoms with Crippen molar-refractivity contribution >= 4 is 35.6 Å². The van der Waals surface area contributed by atoms with E-state index in [1.807, 2.05) is 7.05 Å². The van der Waals surface area contributed by atoms with Crippen LogP contribution in [-0.4, -0.2) is 51.9 Å². The maximum Gasteiger partial charge on any atom is 0.191 e. The lowest BCUT2D eigenvalue weighted by atomic mass is 10.2. The van der Waals surface area contributed by atoms with Gasteiger partial charge in [-0.3, -0.25) is 4.99 Å². The van der Waals surface area contributed by atoms with Crippen molar-refractivity contribution in [2.45, 2.75) is 39.7 Å². The summed E-state index contributed by atoms with van der Waals surface area (Å²) in [6.07, 6.45) is 2.12. The molecule has 1 heterocycles. The van der Waals surface area contributed by atoms with Gasteiger partial charge in [-0.1, -0.05) is 31.5 Å². The first kappa shape index (κ1) is 23.0. The van der Waals surface area contributed by atoms with Crippen molar-refractivity contribution in [1.82, 2.24) is 10.6 Å². The molecule has 26 heavy (non-hydrogen) atoms. The minimum Gasteiger partial charge on any atom is -0.381 e. The van der Waals surface area contributed by atoms with Gasteiger partial charge in [-0.2, -0.15) is 0 Å². The quantitative estimate of drug-likeness (QED) is 0.263. The fraction of sp³-hybridized carbons (Fsp3) is 0.650. The fourth-order valence-corrected chi connectivity index (χ4v) is 2.96. The number of anilines is 1. The van der Waals surface area contributed by atoms with Gasteiger partial charge in [-0.15, -0.1) is 24.0 Å². The van der Waals surface area contributed by atoms with Crippen molar-refractivity contribution in [1.29, 1.82) is 0 Å². The lowest BCUT2D eigenvalue weighted by molar-refractivity contribution is 0.108. The molecule has 0 radical (unpaired) electrons. The number of hydrogen-bond acceptors (Lipinski definition) is 3. The molecule has 0 amide bonds. The second kappa shape index (κ2) is 12.4. The average Bonchev–Trinajstić information content (AvgIpc) is 3.05. The van der Waals surface area contributed by atoms with Gasteiger partial charge in [0.25, 0.3) is 0 Å². The van der Waals surface area contributed by atoms with Gasteiger partial charge in [0, 0.05) is 51.6 Å². The van der Waals surface area contributed by atoms with Crippen molar-refractivity contribution in [3.05, 3.63) is 29.8 Å². The van der Waals surface area contributed by atoms with Gasteiger partial charge in [0.2, 0.25) is 0 Å². The van der Waals surface area contributed by atoms with Crippen molar-refractivity contribution in [3.63, 3.8) is 0 Å². The molecule has 6 heteroatoms. The van der Waals surface area contributed by atoms with Crippen LogP contribution in [0, 0.1) is 12.8 Å². The Morgan fingerprint density at radius 1 is 1.31 bits per heavy atom. The number of ether oxygens (including phenoxy) is 1. The van der Waals surface area contributed by atoms with E-state index in [1.54, 1.807) is 0 Å². The smallest absolute Gasteiger partial charge is 0.191 e. The molecule has 0 bridgehead atoms. The summed E-state index contributed by atoms with van der Waals surface area (Å²) in [5, 5.41) is 6.93. The molecule has 1 atom stereocenters. The number of rotatable bonds is 8. The Labute approximate surface area is 176 Å². The summed E-state index contributed by atoms with van der Waals surface area (Å²) >= 11 is 0. The maximum atomic E-state index is 5.61. The lowest BCUT2D eigenvalue weighted by Gasteiger charge is -2.20. The molecular weight excluding hydrogens is 439 g/mol. The van der Waals surface area contributed by atoms with E-state index in [-0.39, 0.29) is 24.0 Å². The second-order valence-electron chi connectivity index (χ2n) is 7.23. The van der Waals surface area contributed by atoms with Crippen molar-refractivity contribution in [2.24, 2.45) is 10.9 Å². The van der Waals surface area contributed by atoms with Crippen LogP contribution in [0.25, 0.3) is 0 Å². The van der Waals surface area contributed by atoms with Gasteiger partial charge in [-0.25, -0.2) is 0 Å². The van der Waals surface area contributed by atoms with E-state index in [0.717, 1.165) is 51.6 Å². The first-order chi connectivity index (χ1) is 12.1. The molecule has 1 aliphatic rings. The predicted molar refractivity (Wildman–Crippen MR) is 122 cm³/mol. The number of guanidine groups is 1. The molecule has 1 aromatic rings. The number of aliphatic imine (C=N–C) groups is 1. The van der Waals surface area contributed by atoms with Crippen LogP contribution in [-0.2, 0) is 4.74 Å². The molecule has 0 saturated carbocycles. The fourth-order valence-electron chi connectivity index (χ4n) is 2.96. The molecule has 0 aromatic heterocycles. The second-order valence-corrected chi connectivity index (χ2v) is 7.23. The van der Waals surface area contributed by atoms with Gasteiger partial charge >= 0.3 is 0 Å². The van der Waals surface area contributed by atoms with Crippen LogP contribution in [0.2, 0.25) is 0 Å². The van der Waals surface area contributed by atoms with Crippen LogP contribution in [0.15, 0.2) is 29.3 Å². The Balaban J connectivity index is 0.00000338. The molecule has 1 aromatic carbocycles. The maximum absolute atomic E-state index is 5.61. The SMILES string of the molecule is CN=C(NCCCOCC(C)C)NC1CCN(c2ccc(C)cc2)C1.I. The first-order valence-electron chi connectivity index (χ1n) is 9.45. The van der Waals surface area contributed by atoms with Crippen molar-refractivity contribution < 1.29 is 4.74 Å². The van der Waals surface area contributed by atoms with Gasteiger partial charge < -0.3 is 20.3 Å². The number of aryl methyl sites for hydroxylation is 1.